The zero-order valence-corrected chi connectivity index (χ0v) is 9.00. The number of aliphatic carboxylic acids is 1. The fraction of sp³-hybridized carbons (Fsp3) is 0.500. The van der Waals surface area contributed by atoms with Gasteiger partial charge in [-0.25, -0.2) is 0 Å². The van der Waals surface area contributed by atoms with Gasteiger partial charge in [0.1, 0.15) is 5.69 Å². The highest BCUT2D eigenvalue weighted by molar-refractivity contribution is 7.99. The average molecular weight is 229 g/mol. The molecule has 0 amide bonds. The summed E-state index contributed by atoms with van der Waals surface area (Å²) in [6.45, 7) is 1.93. The highest BCUT2D eigenvalue weighted by Gasteiger charge is 2.06. The number of aromatic nitrogens is 3. The quantitative estimate of drug-likeness (QED) is 0.705. The first-order valence-corrected chi connectivity index (χ1v) is 5.42. The Morgan fingerprint density at radius 1 is 1.53 bits per heavy atom. The van der Waals surface area contributed by atoms with Gasteiger partial charge in [-0.05, 0) is 5.75 Å². The van der Waals surface area contributed by atoms with Crippen molar-refractivity contribution in [3.8, 4) is 0 Å². The lowest BCUT2D eigenvalue weighted by Crippen LogP contribution is -2.18. The molecule has 1 heterocycles. The third-order valence-corrected chi connectivity index (χ3v) is 2.35. The van der Waals surface area contributed by atoms with E-state index in [1.165, 1.54) is 11.8 Å². The second-order valence-electron chi connectivity index (χ2n) is 2.73. The fourth-order valence-corrected chi connectivity index (χ4v) is 1.47. The molecule has 6 nitrogen and oxygen atoms in total. The van der Waals surface area contributed by atoms with E-state index in [0.717, 1.165) is 5.75 Å². The molecule has 82 valence electrons. The Kier molecular flexibility index (Phi) is 4.29. The number of carbonyl (C=O) groups is 1. The molecule has 0 atom stereocenters. The van der Waals surface area contributed by atoms with Crippen molar-refractivity contribution in [2.24, 2.45) is 0 Å². The monoisotopic (exact) mass is 229 g/mol. The van der Waals surface area contributed by atoms with E-state index in [4.69, 9.17) is 5.11 Å². The Morgan fingerprint density at radius 2 is 2.27 bits per heavy atom. The molecule has 1 aromatic rings. The largest absolute Gasteiger partial charge is 0.481 e. The van der Waals surface area contributed by atoms with Crippen LogP contribution in [0.4, 0.5) is 0 Å². The van der Waals surface area contributed by atoms with E-state index in [1.54, 1.807) is 0 Å². The molecule has 0 radical (unpaired) electrons. The second kappa shape index (κ2) is 5.50. The van der Waals surface area contributed by atoms with Gasteiger partial charge in [0.25, 0.3) is 5.56 Å². The number of aryl methyl sites for hydroxylation is 1. The maximum Gasteiger partial charge on any atom is 0.303 e. The number of thioether (sulfide) groups is 1. The minimum Gasteiger partial charge on any atom is -0.481 e. The molecule has 0 aromatic carbocycles. The summed E-state index contributed by atoms with van der Waals surface area (Å²) in [4.78, 5) is 24.2. The number of H-pyrrole nitrogens is 1. The van der Waals surface area contributed by atoms with E-state index in [0.29, 0.717) is 5.16 Å². The van der Waals surface area contributed by atoms with Gasteiger partial charge in [0.05, 0.1) is 6.42 Å². The first-order valence-electron chi connectivity index (χ1n) is 4.44. The maximum atomic E-state index is 11.4. The zero-order valence-electron chi connectivity index (χ0n) is 8.19. The lowest BCUT2D eigenvalue weighted by molar-refractivity contribution is -0.136. The Bertz CT molecular complexity index is 404. The summed E-state index contributed by atoms with van der Waals surface area (Å²) in [5.74, 6) is -0.165. The summed E-state index contributed by atoms with van der Waals surface area (Å²) < 4.78 is 0. The SMILES string of the molecule is CCSc1nnc(CCC(=O)O)c(=O)[nH]1. The smallest absolute Gasteiger partial charge is 0.303 e. The van der Waals surface area contributed by atoms with Gasteiger partial charge in [-0.15, -0.1) is 10.2 Å². The van der Waals surface area contributed by atoms with Gasteiger partial charge in [-0.3, -0.25) is 14.6 Å². The maximum absolute atomic E-state index is 11.4. The van der Waals surface area contributed by atoms with Crippen molar-refractivity contribution in [3.63, 3.8) is 0 Å². The number of carboxylic acids is 1. The molecule has 0 bridgehead atoms. The van der Waals surface area contributed by atoms with Crippen LogP contribution in [0.5, 0.6) is 0 Å². The summed E-state index contributed by atoms with van der Waals surface area (Å²) in [6.07, 6.45) is -0.00718. The van der Waals surface area contributed by atoms with Crippen LogP contribution in [-0.2, 0) is 11.2 Å². The summed E-state index contributed by atoms with van der Waals surface area (Å²) >= 11 is 1.38. The minimum absolute atomic E-state index is 0.106. The number of hydrogen-bond acceptors (Lipinski definition) is 5. The van der Waals surface area contributed by atoms with Crippen molar-refractivity contribution < 1.29 is 9.90 Å². The van der Waals surface area contributed by atoms with E-state index in [-0.39, 0.29) is 24.1 Å². The number of carboxylic acid groups (broad SMARTS) is 1. The Balaban J connectivity index is 2.75. The van der Waals surface area contributed by atoms with E-state index in [9.17, 15) is 9.59 Å². The van der Waals surface area contributed by atoms with Crippen LogP contribution in [0.25, 0.3) is 0 Å². The van der Waals surface area contributed by atoms with Crippen LogP contribution in [0.15, 0.2) is 9.95 Å². The van der Waals surface area contributed by atoms with Crippen molar-refractivity contribution >= 4 is 17.7 Å². The number of nitrogens with one attached hydrogen (secondary N) is 1. The minimum atomic E-state index is -0.955. The number of hydrogen-bond donors (Lipinski definition) is 2. The van der Waals surface area contributed by atoms with Gasteiger partial charge in [0.15, 0.2) is 5.16 Å². The predicted molar refractivity (Wildman–Crippen MR) is 55.0 cm³/mol. The van der Waals surface area contributed by atoms with Crippen LogP contribution in [-0.4, -0.2) is 32.0 Å². The third-order valence-electron chi connectivity index (χ3n) is 1.60. The number of rotatable bonds is 5. The van der Waals surface area contributed by atoms with Crippen LogP contribution in [0.2, 0.25) is 0 Å². The Hall–Kier alpha value is -1.37. The molecule has 15 heavy (non-hydrogen) atoms. The molecular formula is C8H11N3O3S. The molecule has 7 heteroatoms. The molecule has 2 N–H and O–H groups in total. The van der Waals surface area contributed by atoms with Crippen LogP contribution in [0.1, 0.15) is 19.0 Å². The molecule has 0 saturated heterocycles. The van der Waals surface area contributed by atoms with Crippen LogP contribution >= 0.6 is 11.8 Å². The highest BCUT2D eigenvalue weighted by atomic mass is 32.2. The van der Waals surface area contributed by atoms with Gasteiger partial charge < -0.3 is 5.11 Å². The molecule has 1 rings (SSSR count). The lowest BCUT2D eigenvalue weighted by atomic mass is 10.2. The molecular weight excluding hydrogens is 218 g/mol. The van der Waals surface area contributed by atoms with E-state index in [2.05, 4.69) is 15.2 Å². The zero-order chi connectivity index (χ0) is 11.3. The summed E-state index contributed by atoms with van der Waals surface area (Å²) in [5, 5.41) is 16.4. The first kappa shape index (κ1) is 11.7. The molecule has 0 unspecified atom stereocenters. The summed E-state index contributed by atoms with van der Waals surface area (Å²) in [7, 11) is 0. The van der Waals surface area contributed by atoms with Gasteiger partial charge in [-0.1, -0.05) is 18.7 Å². The Morgan fingerprint density at radius 3 is 2.80 bits per heavy atom. The van der Waals surface area contributed by atoms with Crippen molar-refractivity contribution in [1.82, 2.24) is 15.2 Å². The molecule has 0 fully saturated rings. The van der Waals surface area contributed by atoms with Crippen molar-refractivity contribution in [2.75, 3.05) is 5.75 Å². The molecule has 1 aromatic heterocycles. The second-order valence-corrected chi connectivity index (χ2v) is 3.99. The first-order chi connectivity index (χ1) is 7.13. The fourth-order valence-electron chi connectivity index (χ4n) is 0.936. The highest BCUT2D eigenvalue weighted by Crippen LogP contribution is 2.07. The molecule has 0 aliphatic rings. The Labute approximate surface area is 90.1 Å². The van der Waals surface area contributed by atoms with Crippen molar-refractivity contribution in [2.45, 2.75) is 24.9 Å². The topological polar surface area (TPSA) is 95.9 Å². The van der Waals surface area contributed by atoms with Gasteiger partial charge in [-0.2, -0.15) is 0 Å². The molecule has 0 aliphatic heterocycles. The van der Waals surface area contributed by atoms with Gasteiger partial charge >= 0.3 is 5.97 Å². The summed E-state index contributed by atoms with van der Waals surface area (Å²) in [5.41, 5.74) is -0.194. The molecule has 0 aliphatic carbocycles. The molecule has 0 saturated carbocycles. The van der Waals surface area contributed by atoms with Crippen LogP contribution in [0, 0.1) is 0 Å². The summed E-state index contributed by atoms with van der Waals surface area (Å²) in [6, 6.07) is 0. The number of aromatic amines is 1. The lowest BCUT2D eigenvalue weighted by Gasteiger charge is -1.98. The average Bonchev–Trinajstić information content (AvgIpc) is 2.17. The van der Waals surface area contributed by atoms with E-state index in [1.807, 2.05) is 6.92 Å². The third kappa shape index (κ3) is 3.70. The van der Waals surface area contributed by atoms with Crippen molar-refractivity contribution in [1.29, 1.82) is 0 Å². The van der Waals surface area contributed by atoms with E-state index >= 15 is 0 Å². The van der Waals surface area contributed by atoms with Crippen LogP contribution in [0.3, 0.4) is 0 Å². The van der Waals surface area contributed by atoms with Crippen LogP contribution < -0.4 is 5.56 Å². The standard InChI is InChI=1S/C8H11N3O3S/c1-2-15-8-9-7(14)5(10-11-8)3-4-6(12)13/h2-4H2,1H3,(H,12,13)(H,9,11,14). The van der Waals surface area contributed by atoms with E-state index < -0.39 is 5.97 Å². The van der Waals surface area contributed by atoms with Crippen molar-refractivity contribution in [3.05, 3.63) is 16.0 Å². The predicted octanol–water partition coefficient (Wildman–Crippen LogP) is 0.294. The van der Waals surface area contributed by atoms with Gasteiger partial charge in [0, 0.05) is 6.42 Å². The number of nitrogens with zero attached hydrogens (tertiary/aromatic N) is 2. The normalized spacial score (nSPS) is 10.2. The molecule has 0 spiro atoms. The van der Waals surface area contributed by atoms with Gasteiger partial charge in [0.2, 0.25) is 0 Å².